The van der Waals surface area contributed by atoms with Gasteiger partial charge in [-0.3, -0.25) is 0 Å². The molecule has 0 unspecified atom stereocenters. The Morgan fingerprint density at radius 3 is 2.44 bits per heavy atom. The maximum absolute atomic E-state index is 12.0. The molecule has 0 radical (unpaired) electrons. The van der Waals surface area contributed by atoms with Crippen LogP contribution >= 0.6 is 15.9 Å². The van der Waals surface area contributed by atoms with Gasteiger partial charge in [0.05, 0.1) is 5.69 Å². The lowest BCUT2D eigenvalue weighted by molar-refractivity contribution is -0.274. The Morgan fingerprint density at radius 2 is 1.94 bits per heavy atom. The predicted molar refractivity (Wildman–Crippen MR) is 59.6 cm³/mol. The lowest BCUT2D eigenvalue weighted by Crippen LogP contribution is -2.17. The van der Waals surface area contributed by atoms with E-state index in [1.807, 2.05) is 13.8 Å². The Balaban J connectivity index is 2.89. The summed E-state index contributed by atoms with van der Waals surface area (Å²) in [6.07, 6.45) is -4.66. The minimum absolute atomic E-state index is 0.123. The van der Waals surface area contributed by atoms with E-state index in [4.69, 9.17) is 0 Å². The molecule has 1 aromatic carbocycles. The van der Waals surface area contributed by atoms with Gasteiger partial charge in [0.25, 0.3) is 0 Å². The molecule has 16 heavy (non-hydrogen) atoms. The predicted octanol–water partition coefficient (Wildman–Crippen LogP) is 4.17. The first-order chi connectivity index (χ1) is 7.28. The highest BCUT2D eigenvalue weighted by Crippen LogP contribution is 2.30. The SMILES string of the molecule is CC(C)Nc1cc(OC(F)(F)F)ccc1Br. The van der Waals surface area contributed by atoms with Crippen LogP contribution in [0.1, 0.15) is 13.8 Å². The second-order valence-electron chi connectivity index (χ2n) is 3.49. The van der Waals surface area contributed by atoms with E-state index in [1.165, 1.54) is 18.2 Å². The fourth-order valence-corrected chi connectivity index (χ4v) is 1.48. The van der Waals surface area contributed by atoms with Gasteiger partial charge in [-0.25, -0.2) is 0 Å². The maximum atomic E-state index is 12.0. The van der Waals surface area contributed by atoms with Crippen LogP contribution in [0.4, 0.5) is 18.9 Å². The van der Waals surface area contributed by atoms with E-state index in [9.17, 15) is 13.2 Å². The number of halogens is 4. The van der Waals surface area contributed by atoms with Crippen LogP contribution in [0.3, 0.4) is 0 Å². The largest absolute Gasteiger partial charge is 0.573 e. The third-order valence-electron chi connectivity index (χ3n) is 1.62. The van der Waals surface area contributed by atoms with Crippen LogP contribution in [-0.2, 0) is 0 Å². The van der Waals surface area contributed by atoms with E-state index < -0.39 is 6.36 Å². The number of benzene rings is 1. The van der Waals surface area contributed by atoms with Crippen LogP contribution < -0.4 is 10.1 Å². The van der Waals surface area contributed by atoms with Gasteiger partial charge in [0.2, 0.25) is 0 Å². The van der Waals surface area contributed by atoms with Gasteiger partial charge in [0.1, 0.15) is 5.75 Å². The van der Waals surface area contributed by atoms with Crippen LogP contribution in [-0.4, -0.2) is 12.4 Å². The number of ether oxygens (including phenoxy) is 1. The Labute approximate surface area is 99.9 Å². The van der Waals surface area contributed by atoms with Crippen molar-refractivity contribution in [2.75, 3.05) is 5.32 Å². The molecule has 0 spiro atoms. The summed E-state index contributed by atoms with van der Waals surface area (Å²) in [7, 11) is 0. The summed E-state index contributed by atoms with van der Waals surface area (Å²) < 4.78 is 40.5. The maximum Gasteiger partial charge on any atom is 0.573 e. The number of anilines is 1. The van der Waals surface area contributed by atoms with Crippen LogP contribution in [0.25, 0.3) is 0 Å². The molecule has 0 heterocycles. The normalized spacial score (nSPS) is 11.7. The fourth-order valence-electron chi connectivity index (χ4n) is 1.12. The van der Waals surface area contributed by atoms with Crippen LogP contribution in [0.15, 0.2) is 22.7 Å². The molecule has 0 fully saturated rings. The van der Waals surface area contributed by atoms with Gasteiger partial charge in [-0.05, 0) is 41.9 Å². The lowest BCUT2D eigenvalue weighted by Gasteiger charge is -2.14. The minimum Gasteiger partial charge on any atom is -0.406 e. The summed E-state index contributed by atoms with van der Waals surface area (Å²) >= 11 is 3.24. The first-order valence-electron chi connectivity index (χ1n) is 4.60. The average Bonchev–Trinajstić information content (AvgIpc) is 2.07. The highest BCUT2D eigenvalue weighted by molar-refractivity contribution is 9.10. The van der Waals surface area contributed by atoms with Crippen LogP contribution in [0, 0.1) is 0 Å². The first kappa shape index (κ1) is 13.2. The summed E-state index contributed by atoms with van der Waals surface area (Å²) in [6.45, 7) is 3.79. The molecular weight excluding hydrogens is 287 g/mol. The van der Waals surface area contributed by atoms with Gasteiger partial charge in [0.15, 0.2) is 0 Å². The Morgan fingerprint density at radius 1 is 1.31 bits per heavy atom. The van der Waals surface area contributed by atoms with Crippen molar-refractivity contribution in [3.8, 4) is 5.75 Å². The van der Waals surface area contributed by atoms with Crippen molar-refractivity contribution in [2.45, 2.75) is 26.3 Å². The molecule has 0 aliphatic carbocycles. The molecule has 6 heteroatoms. The highest BCUT2D eigenvalue weighted by atomic mass is 79.9. The van der Waals surface area contributed by atoms with Gasteiger partial charge in [-0.15, -0.1) is 13.2 Å². The van der Waals surface area contributed by atoms with Crippen molar-refractivity contribution in [1.29, 1.82) is 0 Å². The molecule has 0 aliphatic heterocycles. The topological polar surface area (TPSA) is 21.3 Å². The van der Waals surface area contributed by atoms with Crippen molar-refractivity contribution in [2.24, 2.45) is 0 Å². The lowest BCUT2D eigenvalue weighted by atomic mass is 10.2. The smallest absolute Gasteiger partial charge is 0.406 e. The molecule has 2 nitrogen and oxygen atoms in total. The molecule has 0 saturated heterocycles. The third-order valence-corrected chi connectivity index (χ3v) is 2.31. The van der Waals surface area contributed by atoms with E-state index in [-0.39, 0.29) is 11.8 Å². The van der Waals surface area contributed by atoms with Crippen LogP contribution in [0.2, 0.25) is 0 Å². The standard InChI is InChI=1S/C10H11BrF3NO/c1-6(2)15-9-5-7(3-4-8(9)11)16-10(12,13)14/h3-6,15H,1-2H3. The second-order valence-corrected chi connectivity index (χ2v) is 4.34. The van der Waals surface area contributed by atoms with Crippen molar-refractivity contribution in [3.63, 3.8) is 0 Å². The zero-order valence-corrected chi connectivity index (χ0v) is 10.3. The monoisotopic (exact) mass is 297 g/mol. The molecule has 90 valence electrons. The number of rotatable bonds is 3. The third kappa shape index (κ3) is 4.30. The molecule has 0 saturated carbocycles. The van der Waals surface area contributed by atoms with Crippen molar-refractivity contribution < 1.29 is 17.9 Å². The summed E-state index contributed by atoms with van der Waals surface area (Å²) in [5, 5.41) is 3.00. The Kier molecular flexibility index (Phi) is 4.07. The molecule has 1 N–H and O–H groups in total. The van der Waals surface area contributed by atoms with Gasteiger partial charge < -0.3 is 10.1 Å². The van der Waals surface area contributed by atoms with Gasteiger partial charge in [0, 0.05) is 16.6 Å². The zero-order valence-electron chi connectivity index (χ0n) is 8.73. The molecule has 1 rings (SSSR count). The molecule has 0 bridgehead atoms. The second kappa shape index (κ2) is 4.95. The van der Waals surface area contributed by atoms with Crippen molar-refractivity contribution in [1.82, 2.24) is 0 Å². The summed E-state index contributed by atoms with van der Waals surface area (Å²) in [4.78, 5) is 0. The molecule has 1 aromatic rings. The van der Waals surface area contributed by atoms with Crippen LogP contribution in [0.5, 0.6) is 5.75 Å². The molecular formula is C10H11BrF3NO. The molecule has 0 aromatic heterocycles. The highest BCUT2D eigenvalue weighted by Gasteiger charge is 2.31. The Bertz CT molecular complexity index is 366. The van der Waals surface area contributed by atoms with Crippen molar-refractivity contribution in [3.05, 3.63) is 22.7 Å². The number of hydrogen-bond donors (Lipinski definition) is 1. The van der Waals surface area contributed by atoms with E-state index in [0.29, 0.717) is 10.2 Å². The average molecular weight is 298 g/mol. The van der Waals surface area contributed by atoms with E-state index in [2.05, 4.69) is 26.0 Å². The van der Waals surface area contributed by atoms with Gasteiger partial charge >= 0.3 is 6.36 Å². The summed E-state index contributed by atoms with van der Waals surface area (Å²) in [6, 6.07) is 4.18. The Hall–Kier alpha value is -0.910. The molecule has 0 atom stereocenters. The quantitative estimate of drug-likeness (QED) is 0.904. The van der Waals surface area contributed by atoms with E-state index in [1.54, 1.807) is 0 Å². The molecule has 0 aliphatic rings. The fraction of sp³-hybridized carbons (Fsp3) is 0.400. The van der Waals surface area contributed by atoms with Crippen molar-refractivity contribution >= 4 is 21.6 Å². The summed E-state index contributed by atoms with van der Waals surface area (Å²) in [5.41, 5.74) is 0.566. The van der Waals surface area contributed by atoms with Gasteiger partial charge in [-0.2, -0.15) is 0 Å². The van der Waals surface area contributed by atoms with E-state index >= 15 is 0 Å². The minimum atomic E-state index is -4.66. The first-order valence-corrected chi connectivity index (χ1v) is 5.39. The number of nitrogens with one attached hydrogen (secondary N) is 1. The zero-order chi connectivity index (χ0) is 12.3. The molecule has 0 amide bonds. The summed E-state index contributed by atoms with van der Waals surface area (Å²) in [5.74, 6) is -0.237. The number of alkyl halides is 3. The van der Waals surface area contributed by atoms with E-state index in [0.717, 1.165) is 0 Å². The van der Waals surface area contributed by atoms with Gasteiger partial charge in [-0.1, -0.05) is 0 Å². The number of hydrogen-bond acceptors (Lipinski definition) is 2.